The molecule has 6 heteroatoms. The molecule has 0 spiro atoms. The van der Waals surface area contributed by atoms with Crippen LogP contribution >= 0.6 is 0 Å². The molecule has 1 atom stereocenters. The van der Waals surface area contributed by atoms with Crippen LogP contribution in [0.3, 0.4) is 0 Å². The Morgan fingerprint density at radius 3 is 2.61 bits per heavy atom. The normalized spacial score (nSPS) is 12.0. The monoisotopic (exact) mass is 381 g/mol. The Morgan fingerprint density at radius 1 is 1.18 bits per heavy atom. The highest BCUT2D eigenvalue weighted by Crippen LogP contribution is 2.29. The minimum absolute atomic E-state index is 0.0842. The van der Waals surface area contributed by atoms with Crippen LogP contribution in [-0.2, 0) is 0 Å². The van der Waals surface area contributed by atoms with Crippen molar-refractivity contribution in [1.82, 2.24) is 10.3 Å². The van der Waals surface area contributed by atoms with Crippen molar-refractivity contribution in [2.45, 2.75) is 32.2 Å². The Kier molecular flexibility index (Phi) is 6.55. The minimum Gasteiger partial charge on any atom is -0.436 e. The average Bonchev–Trinajstić information content (AvgIpc) is 3.21. The molecule has 0 aliphatic rings. The molecule has 1 aromatic heterocycles. The van der Waals surface area contributed by atoms with E-state index in [1.165, 1.54) is 12.3 Å². The summed E-state index contributed by atoms with van der Waals surface area (Å²) in [5.74, 6) is -0.0429. The third-order valence-electron chi connectivity index (χ3n) is 4.57. The zero-order valence-electron chi connectivity index (χ0n) is 15.8. The van der Waals surface area contributed by atoms with Crippen LogP contribution in [0.1, 0.15) is 36.5 Å². The van der Waals surface area contributed by atoms with E-state index in [4.69, 9.17) is 10.2 Å². The third-order valence-corrected chi connectivity index (χ3v) is 4.57. The number of unbranched alkanes of at least 4 members (excludes halogenated alkanes) is 1. The molecule has 5 nitrogen and oxygen atoms in total. The number of benzene rings is 2. The van der Waals surface area contributed by atoms with E-state index in [9.17, 15) is 9.18 Å². The fourth-order valence-electron chi connectivity index (χ4n) is 3.01. The number of hydrogen-bond acceptors (Lipinski definition) is 4. The highest BCUT2D eigenvalue weighted by molar-refractivity contribution is 6.00. The number of nitrogens with one attached hydrogen (secondary N) is 1. The maximum atomic E-state index is 14.0. The van der Waals surface area contributed by atoms with Crippen LogP contribution in [0.25, 0.3) is 22.8 Å². The van der Waals surface area contributed by atoms with Crippen molar-refractivity contribution in [2.24, 2.45) is 5.73 Å². The molecule has 28 heavy (non-hydrogen) atoms. The van der Waals surface area contributed by atoms with E-state index in [-0.39, 0.29) is 17.8 Å². The van der Waals surface area contributed by atoms with Crippen molar-refractivity contribution in [3.63, 3.8) is 0 Å². The smallest absolute Gasteiger partial charge is 0.252 e. The summed E-state index contributed by atoms with van der Waals surface area (Å²) in [5.41, 5.74) is 7.11. The van der Waals surface area contributed by atoms with Gasteiger partial charge in [-0.05, 0) is 30.7 Å². The van der Waals surface area contributed by atoms with Crippen LogP contribution in [0.15, 0.2) is 59.1 Å². The molecule has 0 saturated carbocycles. The van der Waals surface area contributed by atoms with Gasteiger partial charge in [0.15, 0.2) is 5.76 Å². The molecule has 0 aliphatic carbocycles. The summed E-state index contributed by atoms with van der Waals surface area (Å²) in [4.78, 5) is 17.1. The maximum Gasteiger partial charge on any atom is 0.252 e. The molecular formula is C22H24FN3O2. The number of nitrogens with zero attached hydrogens (tertiary/aromatic N) is 1. The third kappa shape index (κ3) is 4.46. The highest BCUT2D eigenvalue weighted by Gasteiger charge is 2.19. The molecule has 0 bridgehead atoms. The summed E-state index contributed by atoms with van der Waals surface area (Å²) in [5, 5.41) is 2.98. The van der Waals surface area contributed by atoms with E-state index in [2.05, 4.69) is 17.2 Å². The molecule has 0 saturated heterocycles. The van der Waals surface area contributed by atoms with Crippen LogP contribution < -0.4 is 11.1 Å². The summed E-state index contributed by atoms with van der Waals surface area (Å²) >= 11 is 0. The molecule has 1 amide bonds. The highest BCUT2D eigenvalue weighted by atomic mass is 19.1. The van der Waals surface area contributed by atoms with Gasteiger partial charge in [0, 0.05) is 18.2 Å². The van der Waals surface area contributed by atoms with Gasteiger partial charge in [-0.3, -0.25) is 4.79 Å². The second-order valence-corrected chi connectivity index (χ2v) is 6.60. The minimum atomic E-state index is -0.391. The van der Waals surface area contributed by atoms with Gasteiger partial charge in [0.1, 0.15) is 5.82 Å². The average molecular weight is 381 g/mol. The summed E-state index contributed by atoms with van der Waals surface area (Å²) < 4.78 is 19.8. The van der Waals surface area contributed by atoms with E-state index >= 15 is 0 Å². The number of oxazole rings is 1. The molecule has 146 valence electrons. The Hall–Kier alpha value is -2.99. The quantitative estimate of drug-likeness (QED) is 0.606. The first kappa shape index (κ1) is 19.8. The molecule has 3 aromatic rings. The number of rotatable bonds is 8. The second-order valence-electron chi connectivity index (χ2n) is 6.60. The summed E-state index contributed by atoms with van der Waals surface area (Å²) in [7, 11) is 0. The van der Waals surface area contributed by atoms with Crippen LogP contribution in [0, 0.1) is 5.82 Å². The van der Waals surface area contributed by atoms with Crippen LogP contribution in [0.5, 0.6) is 0 Å². The van der Waals surface area contributed by atoms with Crippen molar-refractivity contribution in [1.29, 1.82) is 0 Å². The molecule has 2 aromatic carbocycles. The number of nitrogens with two attached hydrogens (primary N) is 1. The van der Waals surface area contributed by atoms with Gasteiger partial charge in [-0.1, -0.05) is 44.0 Å². The lowest BCUT2D eigenvalue weighted by Crippen LogP contribution is -2.40. The number of halogens is 1. The molecule has 1 unspecified atom stereocenters. The van der Waals surface area contributed by atoms with Gasteiger partial charge < -0.3 is 15.5 Å². The molecule has 1 heterocycles. The first-order chi connectivity index (χ1) is 13.6. The van der Waals surface area contributed by atoms with Gasteiger partial charge in [-0.15, -0.1) is 0 Å². The zero-order chi connectivity index (χ0) is 19.9. The molecule has 0 fully saturated rings. The van der Waals surface area contributed by atoms with Crippen LogP contribution in [0.4, 0.5) is 4.39 Å². The fraction of sp³-hybridized carbons (Fsp3) is 0.273. The molecular weight excluding hydrogens is 357 g/mol. The van der Waals surface area contributed by atoms with Crippen molar-refractivity contribution < 1.29 is 13.6 Å². The number of carbonyl (C=O) groups is 1. The molecule has 0 radical (unpaired) electrons. The van der Waals surface area contributed by atoms with Crippen molar-refractivity contribution in [2.75, 3.05) is 6.54 Å². The summed E-state index contributed by atoms with van der Waals surface area (Å²) in [6.07, 6.45) is 4.33. The Labute approximate surface area is 163 Å². The van der Waals surface area contributed by atoms with Crippen LogP contribution in [-0.4, -0.2) is 23.5 Å². The molecule has 3 rings (SSSR count). The van der Waals surface area contributed by atoms with Crippen LogP contribution in [0.2, 0.25) is 0 Å². The van der Waals surface area contributed by atoms with Crippen molar-refractivity contribution >= 4 is 5.91 Å². The predicted molar refractivity (Wildman–Crippen MR) is 107 cm³/mol. The van der Waals surface area contributed by atoms with Crippen molar-refractivity contribution in [3.05, 3.63) is 66.1 Å². The number of carbonyl (C=O) groups excluding carboxylic acids is 1. The largest absolute Gasteiger partial charge is 0.436 e. The number of aromatic nitrogens is 1. The lowest BCUT2D eigenvalue weighted by atomic mass is 10.1. The maximum absolute atomic E-state index is 14.0. The Balaban J connectivity index is 1.87. The number of amides is 1. The second kappa shape index (κ2) is 9.28. The van der Waals surface area contributed by atoms with E-state index < -0.39 is 5.82 Å². The summed E-state index contributed by atoms with van der Waals surface area (Å²) in [6.45, 7) is 2.48. The molecule has 0 aliphatic heterocycles. The Morgan fingerprint density at radius 2 is 1.89 bits per heavy atom. The van der Waals surface area contributed by atoms with Gasteiger partial charge in [0.2, 0.25) is 5.89 Å². The van der Waals surface area contributed by atoms with Gasteiger partial charge in [0.25, 0.3) is 5.91 Å². The molecule has 3 N–H and O–H groups in total. The Bertz CT molecular complexity index is 939. The zero-order valence-corrected chi connectivity index (χ0v) is 15.8. The first-order valence-electron chi connectivity index (χ1n) is 9.45. The lowest BCUT2D eigenvalue weighted by Gasteiger charge is -2.17. The van der Waals surface area contributed by atoms with E-state index in [1.807, 2.05) is 0 Å². The van der Waals surface area contributed by atoms with Gasteiger partial charge in [-0.2, -0.15) is 0 Å². The van der Waals surface area contributed by atoms with E-state index in [0.29, 0.717) is 29.0 Å². The van der Waals surface area contributed by atoms with Gasteiger partial charge in [0.05, 0.1) is 17.3 Å². The van der Waals surface area contributed by atoms with E-state index in [0.717, 1.165) is 19.3 Å². The number of hydrogen-bond donors (Lipinski definition) is 2. The standard InChI is InChI=1S/C22H24FN3O2/c1-2-3-8-15(13-24)26-21(27)16-9-4-5-10-17(16)22-25-14-20(28-22)18-11-6-7-12-19(18)23/h4-7,9-12,14-15H,2-3,8,13,24H2,1H3,(H,26,27). The summed E-state index contributed by atoms with van der Waals surface area (Å²) in [6, 6.07) is 13.3. The van der Waals surface area contributed by atoms with E-state index in [1.54, 1.807) is 42.5 Å². The lowest BCUT2D eigenvalue weighted by molar-refractivity contribution is 0.0936. The van der Waals surface area contributed by atoms with Gasteiger partial charge in [-0.25, -0.2) is 9.37 Å². The SMILES string of the molecule is CCCCC(CN)NC(=O)c1ccccc1-c1ncc(-c2ccccc2F)o1. The van der Waals surface area contributed by atoms with Gasteiger partial charge >= 0.3 is 0 Å². The topological polar surface area (TPSA) is 81.1 Å². The predicted octanol–water partition coefficient (Wildman–Crippen LogP) is 4.40. The fourth-order valence-corrected chi connectivity index (χ4v) is 3.01. The van der Waals surface area contributed by atoms with Crippen molar-refractivity contribution in [3.8, 4) is 22.8 Å². The first-order valence-corrected chi connectivity index (χ1v) is 9.45.